The molecule has 0 spiro atoms. The third-order valence-corrected chi connectivity index (χ3v) is 3.99. The van der Waals surface area contributed by atoms with Gasteiger partial charge in [-0.25, -0.2) is 12.8 Å². The lowest BCUT2D eigenvalue weighted by molar-refractivity contribution is 0.570. The first kappa shape index (κ1) is 14.0. The van der Waals surface area contributed by atoms with E-state index >= 15 is 0 Å². The molecule has 2 aromatic rings. The molecule has 0 saturated heterocycles. The van der Waals surface area contributed by atoms with Gasteiger partial charge in [-0.1, -0.05) is 12.1 Å². The fourth-order valence-corrected chi connectivity index (χ4v) is 2.73. The van der Waals surface area contributed by atoms with E-state index in [0.717, 1.165) is 6.07 Å². The normalized spacial score (nSPS) is 11.1. The highest BCUT2D eigenvalue weighted by Crippen LogP contribution is 2.18. The van der Waals surface area contributed by atoms with E-state index in [4.69, 9.17) is 11.1 Å². The second kappa shape index (κ2) is 5.30. The molecule has 0 saturated carbocycles. The molecule has 0 fully saturated rings. The van der Waals surface area contributed by atoms with E-state index in [1.165, 1.54) is 42.5 Å². The Morgan fingerprint density at radius 2 is 1.70 bits per heavy atom. The first-order valence-electron chi connectivity index (χ1n) is 5.62. The predicted molar refractivity (Wildman–Crippen MR) is 74.7 cm³/mol. The highest BCUT2D eigenvalue weighted by molar-refractivity contribution is 7.92. The van der Waals surface area contributed by atoms with Crippen LogP contribution in [0.4, 0.5) is 10.1 Å². The largest absolute Gasteiger partial charge is 0.384 e. The summed E-state index contributed by atoms with van der Waals surface area (Å²) in [5, 5.41) is 7.24. The smallest absolute Gasteiger partial charge is 0.264 e. The standard InChI is InChI=1S/C13H12FN3O2S/c14-11-3-1-2-4-12(11)20(18,19)17-10-7-5-9(6-8-10)13(15)16/h1-8,17H,(H3,15,16). The summed E-state index contributed by atoms with van der Waals surface area (Å²) in [4.78, 5) is -0.421. The second-order valence-electron chi connectivity index (χ2n) is 4.03. The Morgan fingerprint density at radius 3 is 2.25 bits per heavy atom. The summed E-state index contributed by atoms with van der Waals surface area (Å²) in [6.45, 7) is 0. The lowest BCUT2D eigenvalue weighted by atomic mass is 10.2. The van der Waals surface area contributed by atoms with E-state index in [2.05, 4.69) is 4.72 Å². The maximum atomic E-state index is 13.5. The van der Waals surface area contributed by atoms with E-state index in [9.17, 15) is 12.8 Å². The third kappa shape index (κ3) is 2.94. The first-order valence-corrected chi connectivity index (χ1v) is 7.10. The molecule has 0 unspecified atom stereocenters. The number of sulfonamides is 1. The molecule has 0 radical (unpaired) electrons. The topological polar surface area (TPSA) is 96.0 Å². The van der Waals surface area contributed by atoms with Crippen LogP contribution < -0.4 is 10.5 Å². The SMILES string of the molecule is N=C(N)c1ccc(NS(=O)(=O)c2ccccc2F)cc1. The first-order chi connectivity index (χ1) is 9.40. The van der Waals surface area contributed by atoms with Crippen LogP contribution in [0.5, 0.6) is 0 Å². The van der Waals surface area contributed by atoms with E-state index < -0.39 is 20.7 Å². The van der Waals surface area contributed by atoms with Crippen molar-refractivity contribution in [2.75, 3.05) is 4.72 Å². The van der Waals surface area contributed by atoms with Crippen molar-refractivity contribution >= 4 is 21.5 Å². The molecular weight excluding hydrogens is 281 g/mol. The number of nitrogens with two attached hydrogens (primary N) is 1. The van der Waals surface area contributed by atoms with Crippen LogP contribution in [0, 0.1) is 11.2 Å². The van der Waals surface area contributed by atoms with Crippen LogP contribution in [0.2, 0.25) is 0 Å². The van der Waals surface area contributed by atoms with Crippen molar-refractivity contribution in [3.63, 3.8) is 0 Å². The minimum atomic E-state index is -3.99. The lowest BCUT2D eigenvalue weighted by Gasteiger charge is -2.09. The molecule has 0 aliphatic rings. The van der Waals surface area contributed by atoms with Gasteiger partial charge in [-0.3, -0.25) is 10.1 Å². The van der Waals surface area contributed by atoms with Crippen LogP contribution >= 0.6 is 0 Å². The van der Waals surface area contributed by atoms with Gasteiger partial charge in [-0.05, 0) is 36.4 Å². The van der Waals surface area contributed by atoms with Gasteiger partial charge in [0.15, 0.2) is 0 Å². The summed E-state index contributed by atoms with van der Waals surface area (Å²) >= 11 is 0. The Labute approximate surface area is 115 Å². The summed E-state index contributed by atoms with van der Waals surface area (Å²) in [7, 11) is -3.99. The van der Waals surface area contributed by atoms with Gasteiger partial charge in [-0.15, -0.1) is 0 Å². The van der Waals surface area contributed by atoms with Gasteiger partial charge in [0.05, 0.1) is 0 Å². The summed E-state index contributed by atoms with van der Waals surface area (Å²) in [6.07, 6.45) is 0. The van der Waals surface area contributed by atoms with Crippen LogP contribution in [0.15, 0.2) is 53.4 Å². The number of hydrogen-bond donors (Lipinski definition) is 3. The van der Waals surface area contributed by atoms with Crippen molar-refractivity contribution in [1.29, 1.82) is 5.41 Å². The summed E-state index contributed by atoms with van der Waals surface area (Å²) in [6, 6.07) is 11.0. The number of nitrogen functional groups attached to an aromatic ring is 1. The number of nitrogens with one attached hydrogen (secondary N) is 2. The highest BCUT2D eigenvalue weighted by Gasteiger charge is 2.18. The van der Waals surface area contributed by atoms with Crippen LogP contribution in [0.25, 0.3) is 0 Å². The summed E-state index contributed by atoms with van der Waals surface area (Å²) in [5.74, 6) is -0.936. The predicted octanol–water partition coefficient (Wildman–Crippen LogP) is 1.91. The number of amidine groups is 1. The van der Waals surface area contributed by atoms with Crippen LogP contribution in [-0.4, -0.2) is 14.3 Å². The molecular formula is C13H12FN3O2S. The second-order valence-corrected chi connectivity index (χ2v) is 5.68. The number of halogens is 1. The molecule has 0 aromatic heterocycles. The van der Waals surface area contributed by atoms with Crippen LogP contribution in [0.1, 0.15) is 5.56 Å². The molecule has 0 aliphatic carbocycles. The van der Waals surface area contributed by atoms with E-state index in [0.29, 0.717) is 5.56 Å². The average molecular weight is 293 g/mol. The maximum absolute atomic E-state index is 13.5. The number of hydrogen-bond acceptors (Lipinski definition) is 3. The summed E-state index contributed by atoms with van der Waals surface area (Å²) in [5.41, 5.74) is 6.03. The molecule has 2 aromatic carbocycles. The van der Waals surface area contributed by atoms with Crippen molar-refractivity contribution in [3.8, 4) is 0 Å². The fraction of sp³-hybridized carbons (Fsp3) is 0. The minimum absolute atomic E-state index is 0.117. The van der Waals surface area contributed by atoms with E-state index in [1.54, 1.807) is 0 Å². The molecule has 2 rings (SSSR count). The zero-order valence-corrected chi connectivity index (χ0v) is 11.1. The molecule has 7 heteroatoms. The number of rotatable bonds is 4. The van der Waals surface area contributed by atoms with Crippen molar-refractivity contribution in [2.24, 2.45) is 5.73 Å². The van der Waals surface area contributed by atoms with Crippen molar-refractivity contribution in [1.82, 2.24) is 0 Å². The average Bonchev–Trinajstić information content (AvgIpc) is 2.39. The zero-order valence-electron chi connectivity index (χ0n) is 10.3. The Morgan fingerprint density at radius 1 is 1.10 bits per heavy atom. The highest BCUT2D eigenvalue weighted by atomic mass is 32.2. The van der Waals surface area contributed by atoms with Gasteiger partial charge < -0.3 is 5.73 Å². The van der Waals surface area contributed by atoms with Gasteiger partial charge in [0.2, 0.25) is 0 Å². The fourth-order valence-electron chi connectivity index (χ4n) is 1.59. The van der Waals surface area contributed by atoms with Gasteiger partial charge in [0.25, 0.3) is 10.0 Å². The molecule has 4 N–H and O–H groups in total. The van der Waals surface area contributed by atoms with Gasteiger partial charge in [-0.2, -0.15) is 0 Å². The zero-order chi connectivity index (χ0) is 14.8. The molecule has 20 heavy (non-hydrogen) atoms. The van der Waals surface area contributed by atoms with Gasteiger partial charge >= 0.3 is 0 Å². The molecule has 5 nitrogen and oxygen atoms in total. The molecule has 0 amide bonds. The number of anilines is 1. The number of benzene rings is 2. The van der Waals surface area contributed by atoms with Crippen LogP contribution in [-0.2, 0) is 10.0 Å². The summed E-state index contributed by atoms with van der Waals surface area (Å²) < 4.78 is 39.8. The Hall–Kier alpha value is -2.41. The van der Waals surface area contributed by atoms with Gasteiger partial charge in [0, 0.05) is 11.3 Å². The molecule has 0 heterocycles. The Balaban J connectivity index is 2.29. The van der Waals surface area contributed by atoms with E-state index in [1.807, 2.05) is 0 Å². The van der Waals surface area contributed by atoms with Crippen LogP contribution in [0.3, 0.4) is 0 Å². The van der Waals surface area contributed by atoms with Crippen molar-refractivity contribution < 1.29 is 12.8 Å². The maximum Gasteiger partial charge on any atom is 0.264 e. The van der Waals surface area contributed by atoms with Crippen molar-refractivity contribution in [3.05, 3.63) is 59.9 Å². The quantitative estimate of drug-likeness (QED) is 0.593. The van der Waals surface area contributed by atoms with Crippen molar-refractivity contribution in [2.45, 2.75) is 4.90 Å². The molecule has 0 bridgehead atoms. The Bertz CT molecular complexity index is 742. The lowest BCUT2D eigenvalue weighted by Crippen LogP contribution is -2.15. The van der Waals surface area contributed by atoms with E-state index in [-0.39, 0.29) is 11.5 Å². The molecule has 104 valence electrons. The Kier molecular flexibility index (Phi) is 3.71. The third-order valence-electron chi connectivity index (χ3n) is 2.57. The van der Waals surface area contributed by atoms with Gasteiger partial charge in [0.1, 0.15) is 16.5 Å². The monoisotopic (exact) mass is 293 g/mol. The molecule has 0 aliphatic heterocycles. The molecule has 0 atom stereocenters. The minimum Gasteiger partial charge on any atom is -0.384 e.